The fraction of sp³-hybridized carbons (Fsp3) is 0.250. The summed E-state index contributed by atoms with van der Waals surface area (Å²) in [4.78, 5) is 17.5. The first-order valence-corrected chi connectivity index (χ1v) is 8.08. The van der Waals surface area contributed by atoms with E-state index in [-0.39, 0.29) is 0 Å². The standard InChI is InChI=1S/C16H17N5S/c1-12-7-10-19-16(20-12)18-9-4-6-15-21-14(11-22-15)13-5-2-3-8-17-13/h2-3,5,7-8,10-11H,4,6,9H2,1H3,(H,18,19,20). The Kier molecular flexibility index (Phi) is 4.70. The highest BCUT2D eigenvalue weighted by atomic mass is 32.1. The highest BCUT2D eigenvalue weighted by Gasteiger charge is 2.05. The average molecular weight is 311 g/mol. The van der Waals surface area contributed by atoms with E-state index >= 15 is 0 Å². The third kappa shape index (κ3) is 3.85. The molecule has 22 heavy (non-hydrogen) atoms. The summed E-state index contributed by atoms with van der Waals surface area (Å²) >= 11 is 1.68. The molecule has 1 N–H and O–H groups in total. The second-order valence-corrected chi connectivity index (χ2v) is 5.84. The molecule has 6 heteroatoms. The Morgan fingerprint density at radius 1 is 1.05 bits per heavy atom. The minimum Gasteiger partial charge on any atom is -0.354 e. The molecular formula is C16H17N5S. The number of nitrogens with one attached hydrogen (secondary N) is 1. The quantitative estimate of drug-likeness (QED) is 0.707. The van der Waals surface area contributed by atoms with Crippen molar-refractivity contribution in [1.82, 2.24) is 19.9 Å². The van der Waals surface area contributed by atoms with Gasteiger partial charge < -0.3 is 5.32 Å². The molecule has 0 saturated heterocycles. The minimum atomic E-state index is 0.688. The van der Waals surface area contributed by atoms with Gasteiger partial charge in [0.1, 0.15) is 0 Å². The Morgan fingerprint density at radius 3 is 2.82 bits per heavy atom. The third-order valence-corrected chi connectivity index (χ3v) is 4.03. The first-order chi connectivity index (χ1) is 10.8. The fourth-order valence-electron chi connectivity index (χ4n) is 2.03. The Hall–Kier alpha value is -2.34. The molecule has 0 aromatic carbocycles. The zero-order valence-electron chi connectivity index (χ0n) is 12.4. The maximum atomic E-state index is 4.64. The number of anilines is 1. The van der Waals surface area contributed by atoms with E-state index in [1.807, 2.05) is 31.2 Å². The Bertz CT molecular complexity index is 726. The number of rotatable bonds is 6. The van der Waals surface area contributed by atoms with E-state index in [4.69, 9.17) is 0 Å². The van der Waals surface area contributed by atoms with Gasteiger partial charge in [0.25, 0.3) is 0 Å². The maximum Gasteiger partial charge on any atom is 0.222 e. The van der Waals surface area contributed by atoms with Crippen LogP contribution in [0, 0.1) is 6.92 Å². The van der Waals surface area contributed by atoms with Crippen LogP contribution in [0.5, 0.6) is 0 Å². The van der Waals surface area contributed by atoms with Gasteiger partial charge in [-0.05, 0) is 31.5 Å². The van der Waals surface area contributed by atoms with Gasteiger partial charge in [0, 0.05) is 36.4 Å². The van der Waals surface area contributed by atoms with Crippen LogP contribution >= 0.6 is 11.3 Å². The van der Waals surface area contributed by atoms with Gasteiger partial charge in [0.15, 0.2) is 0 Å². The Morgan fingerprint density at radius 2 is 2.00 bits per heavy atom. The first kappa shape index (κ1) is 14.6. The van der Waals surface area contributed by atoms with Gasteiger partial charge in [0.2, 0.25) is 5.95 Å². The summed E-state index contributed by atoms with van der Waals surface area (Å²) < 4.78 is 0. The van der Waals surface area contributed by atoms with Crippen molar-refractivity contribution in [3.05, 3.63) is 52.7 Å². The molecule has 0 fully saturated rings. The van der Waals surface area contributed by atoms with Crippen molar-refractivity contribution >= 4 is 17.3 Å². The summed E-state index contributed by atoms with van der Waals surface area (Å²) in [5.74, 6) is 0.688. The highest BCUT2D eigenvalue weighted by molar-refractivity contribution is 7.09. The van der Waals surface area contributed by atoms with Gasteiger partial charge in [-0.1, -0.05) is 6.07 Å². The summed E-state index contributed by atoms with van der Waals surface area (Å²) in [6.45, 7) is 2.80. The molecular weight excluding hydrogens is 294 g/mol. The van der Waals surface area contributed by atoms with E-state index in [9.17, 15) is 0 Å². The largest absolute Gasteiger partial charge is 0.354 e. The molecule has 5 nitrogen and oxygen atoms in total. The maximum absolute atomic E-state index is 4.64. The second-order valence-electron chi connectivity index (χ2n) is 4.89. The molecule has 0 atom stereocenters. The first-order valence-electron chi connectivity index (χ1n) is 7.20. The zero-order valence-corrected chi connectivity index (χ0v) is 13.2. The van der Waals surface area contributed by atoms with Crippen LogP contribution in [-0.2, 0) is 6.42 Å². The lowest BCUT2D eigenvalue weighted by atomic mass is 10.3. The fourth-order valence-corrected chi connectivity index (χ4v) is 2.87. The lowest BCUT2D eigenvalue weighted by Crippen LogP contribution is -2.06. The van der Waals surface area contributed by atoms with Crippen molar-refractivity contribution < 1.29 is 0 Å². The number of hydrogen-bond donors (Lipinski definition) is 1. The molecule has 3 rings (SSSR count). The van der Waals surface area contributed by atoms with Crippen LogP contribution in [0.4, 0.5) is 5.95 Å². The normalized spacial score (nSPS) is 10.6. The molecule has 3 aromatic heterocycles. The van der Waals surface area contributed by atoms with Crippen molar-refractivity contribution in [1.29, 1.82) is 0 Å². The number of aryl methyl sites for hydroxylation is 2. The van der Waals surface area contributed by atoms with E-state index in [0.717, 1.165) is 41.5 Å². The number of aromatic nitrogens is 4. The van der Waals surface area contributed by atoms with Crippen LogP contribution in [0.25, 0.3) is 11.4 Å². The predicted molar refractivity (Wildman–Crippen MR) is 88.9 cm³/mol. The van der Waals surface area contributed by atoms with Crippen LogP contribution in [0.15, 0.2) is 42.0 Å². The molecule has 0 amide bonds. The van der Waals surface area contributed by atoms with Crippen molar-refractivity contribution in [2.24, 2.45) is 0 Å². The van der Waals surface area contributed by atoms with E-state index < -0.39 is 0 Å². The molecule has 0 aliphatic heterocycles. The Labute approximate surface area is 133 Å². The molecule has 0 saturated carbocycles. The summed E-state index contributed by atoms with van der Waals surface area (Å²) in [6.07, 6.45) is 5.49. The Balaban J connectivity index is 1.49. The minimum absolute atomic E-state index is 0.688. The summed E-state index contributed by atoms with van der Waals surface area (Å²) in [6, 6.07) is 7.76. The highest BCUT2D eigenvalue weighted by Crippen LogP contribution is 2.20. The van der Waals surface area contributed by atoms with Gasteiger partial charge in [-0.2, -0.15) is 0 Å². The van der Waals surface area contributed by atoms with Crippen LogP contribution in [-0.4, -0.2) is 26.5 Å². The number of pyridine rings is 1. The zero-order chi connectivity index (χ0) is 15.2. The topological polar surface area (TPSA) is 63.6 Å². The van der Waals surface area contributed by atoms with Gasteiger partial charge in [-0.15, -0.1) is 11.3 Å². The molecule has 0 unspecified atom stereocenters. The van der Waals surface area contributed by atoms with Crippen LogP contribution < -0.4 is 5.32 Å². The molecule has 0 aliphatic carbocycles. The van der Waals surface area contributed by atoms with Gasteiger partial charge in [0.05, 0.1) is 16.4 Å². The molecule has 112 valence electrons. The molecule has 3 aromatic rings. The third-order valence-electron chi connectivity index (χ3n) is 3.12. The monoisotopic (exact) mass is 311 g/mol. The predicted octanol–water partition coefficient (Wildman–Crippen LogP) is 3.35. The summed E-state index contributed by atoms with van der Waals surface area (Å²) in [5, 5.41) is 6.43. The van der Waals surface area contributed by atoms with Crippen molar-refractivity contribution in [3.8, 4) is 11.4 Å². The van der Waals surface area contributed by atoms with E-state index in [2.05, 4.69) is 30.6 Å². The van der Waals surface area contributed by atoms with E-state index in [0.29, 0.717) is 5.95 Å². The van der Waals surface area contributed by atoms with Crippen molar-refractivity contribution in [2.45, 2.75) is 19.8 Å². The number of thiazole rings is 1. The van der Waals surface area contributed by atoms with Crippen molar-refractivity contribution in [3.63, 3.8) is 0 Å². The summed E-state index contributed by atoms with van der Waals surface area (Å²) in [5.41, 5.74) is 2.85. The molecule has 0 spiro atoms. The summed E-state index contributed by atoms with van der Waals surface area (Å²) in [7, 11) is 0. The van der Waals surface area contributed by atoms with Gasteiger partial charge >= 0.3 is 0 Å². The lowest BCUT2D eigenvalue weighted by Gasteiger charge is -2.03. The second kappa shape index (κ2) is 7.09. The molecule has 0 bridgehead atoms. The number of hydrogen-bond acceptors (Lipinski definition) is 6. The van der Waals surface area contributed by atoms with Crippen LogP contribution in [0.3, 0.4) is 0 Å². The molecule has 0 aliphatic rings. The molecule has 3 heterocycles. The molecule has 0 radical (unpaired) electrons. The average Bonchev–Trinajstić information content (AvgIpc) is 3.01. The van der Waals surface area contributed by atoms with Gasteiger partial charge in [-0.3, -0.25) is 4.98 Å². The SMILES string of the molecule is Cc1ccnc(NCCCc2nc(-c3ccccn3)cs2)n1. The van der Waals surface area contributed by atoms with Gasteiger partial charge in [-0.25, -0.2) is 15.0 Å². The van der Waals surface area contributed by atoms with E-state index in [1.54, 1.807) is 23.7 Å². The van der Waals surface area contributed by atoms with Crippen LogP contribution in [0.2, 0.25) is 0 Å². The number of nitrogens with zero attached hydrogens (tertiary/aromatic N) is 4. The van der Waals surface area contributed by atoms with Crippen molar-refractivity contribution in [2.75, 3.05) is 11.9 Å². The van der Waals surface area contributed by atoms with E-state index in [1.165, 1.54) is 0 Å². The van der Waals surface area contributed by atoms with Crippen LogP contribution in [0.1, 0.15) is 17.1 Å². The lowest BCUT2D eigenvalue weighted by molar-refractivity contribution is 0.844. The smallest absolute Gasteiger partial charge is 0.222 e.